The third-order valence-electron chi connectivity index (χ3n) is 4.35. The molecule has 0 bridgehead atoms. The summed E-state index contributed by atoms with van der Waals surface area (Å²) in [5.41, 5.74) is -0.257. The van der Waals surface area contributed by atoms with Crippen LogP contribution < -0.4 is 29.1 Å². The molecule has 2 aromatic carbocycles. The first-order valence-electron chi connectivity index (χ1n) is 8.72. The minimum absolute atomic E-state index is 0.0314. The van der Waals surface area contributed by atoms with Crippen molar-refractivity contribution < 1.29 is 38.0 Å². The molecular weight excluding hydrogens is 396 g/mol. The molecule has 0 fully saturated rings. The zero-order valence-corrected chi connectivity index (χ0v) is 17.0. The first-order chi connectivity index (χ1) is 14.4. The number of esters is 1. The minimum atomic E-state index is -0.726. The highest BCUT2D eigenvalue weighted by Crippen LogP contribution is 2.51. The molecule has 0 saturated heterocycles. The van der Waals surface area contributed by atoms with Gasteiger partial charge in [0.25, 0.3) is 0 Å². The lowest BCUT2D eigenvalue weighted by Crippen LogP contribution is -2.11. The lowest BCUT2D eigenvalue weighted by molar-refractivity contribution is -0.132. The molecule has 3 aromatic rings. The van der Waals surface area contributed by atoms with Gasteiger partial charge in [0.15, 0.2) is 17.1 Å². The fraction of sp³-hybridized carbons (Fsp3) is 0.238. The molecule has 0 atom stereocenters. The molecule has 3 rings (SSSR count). The number of rotatable bonds is 6. The minimum Gasteiger partial charge on any atom is -0.504 e. The number of benzene rings is 2. The average Bonchev–Trinajstić information content (AvgIpc) is 2.74. The Labute approximate surface area is 171 Å². The van der Waals surface area contributed by atoms with Crippen LogP contribution in [0.3, 0.4) is 0 Å². The number of carbonyl (C=O) groups is 1. The first kappa shape index (κ1) is 20.8. The van der Waals surface area contributed by atoms with E-state index in [9.17, 15) is 14.7 Å². The molecule has 0 spiro atoms. The van der Waals surface area contributed by atoms with Crippen molar-refractivity contribution in [3.8, 4) is 45.8 Å². The number of ether oxygens (including phenoxy) is 5. The summed E-state index contributed by atoms with van der Waals surface area (Å²) in [4.78, 5) is 24.7. The van der Waals surface area contributed by atoms with Crippen molar-refractivity contribution in [1.29, 1.82) is 0 Å². The molecule has 1 heterocycles. The molecule has 0 radical (unpaired) electrons. The van der Waals surface area contributed by atoms with Gasteiger partial charge in [-0.3, -0.25) is 9.59 Å². The van der Waals surface area contributed by atoms with Crippen LogP contribution in [0.2, 0.25) is 0 Å². The van der Waals surface area contributed by atoms with E-state index < -0.39 is 17.1 Å². The summed E-state index contributed by atoms with van der Waals surface area (Å²) in [6.07, 6.45) is 0. The highest BCUT2D eigenvalue weighted by atomic mass is 16.6. The van der Waals surface area contributed by atoms with E-state index in [4.69, 9.17) is 28.1 Å². The molecule has 30 heavy (non-hydrogen) atoms. The fourth-order valence-electron chi connectivity index (χ4n) is 3.05. The topological polar surface area (TPSA) is 114 Å². The predicted octanol–water partition coefficient (Wildman–Crippen LogP) is 3.13. The van der Waals surface area contributed by atoms with E-state index in [-0.39, 0.29) is 39.7 Å². The molecule has 9 heteroatoms. The highest BCUT2D eigenvalue weighted by molar-refractivity contribution is 5.97. The van der Waals surface area contributed by atoms with Gasteiger partial charge in [-0.2, -0.15) is 0 Å². The van der Waals surface area contributed by atoms with E-state index in [1.54, 1.807) is 24.3 Å². The Morgan fingerprint density at radius 2 is 1.47 bits per heavy atom. The van der Waals surface area contributed by atoms with Crippen LogP contribution in [0.15, 0.2) is 33.5 Å². The van der Waals surface area contributed by atoms with Gasteiger partial charge in [0.05, 0.1) is 28.4 Å². The maximum Gasteiger partial charge on any atom is 0.308 e. The van der Waals surface area contributed by atoms with Crippen molar-refractivity contribution >= 4 is 16.9 Å². The molecule has 0 aliphatic carbocycles. The van der Waals surface area contributed by atoms with E-state index in [1.807, 2.05) is 0 Å². The first-order valence-corrected chi connectivity index (χ1v) is 8.72. The molecular formula is C21H20O9. The van der Waals surface area contributed by atoms with Gasteiger partial charge < -0.3 is 33.2 Å². The predicted molar refractivity (Wildman–Crippen MR) is 107 cm³/mol. The summed E-state index contributed by atoms with van der Waals surface area (Å²) in [6, 6.07) is 6.75. The second-order valence-electron chi connectivity index (χ2n) is 6.06. The van der Waals surface area contributed by atoms with Crippen LogP contribution in [0, 0.1) is 0 Å². The van der Waals surface area contributed by atoms with Gasteiger partial charge in [-0.25, -0.2) is 0 Å². The number of aromatic hydroxyl groups is 1. The van der Waals surface area contributed by atoms with E-state index in [0.717, 1.165) is 6.92 Å². The zero-order valence-electron chi connectivity index (χ0n) is 17.0. The fourth-order valence-corrected chi connectivity index (χ4v) is 3.05. The Bertz CT molecular complexity index is 1160. The van der Waals surface area contributed by atoms with E-state index in [0.29, 0.717) is 11.3 Å². The third kappa shape index (κ3) is 3.34. The second kappa shape index (κ2) is 8.24. The molecule has 9 nitrogen and oxygen atoms in total. The number of phenolic OH excluding ortho intramolecular Hbond substituents is 1. The largest absolute Gasteiger partial charge is 0.504 e. The normalized spacial score (nSPS) is 10.6. The maximum atomic E-state index is 13.2. The van der Waals surface area contributed by atoms with Gasteiger partial charge in [0.1, 0.15) is 11.1 Å². The summed E-state index contributed by atoms with van der Waals surface area (Å²) in [6.45, 7) is 1.14. The van der Waals surface area contributed by atoms with E-state index in [1.165, 1.54) is 28.4 Å². The number of hydrogen-bond acceptors (Lipinski definition) is 9. The molecule has 0 saturated carbocycles. The molecule has 0 aliphatic rings. The zero-order chi connectivity index (χ0) is 22.0. The quantitative estimate of drug-likeness (QED) is 0.478. The van der Waals surface area contributed by atoms with Gasteiger partial charge in [-0.05, 0) is 24.3 Å². The van der Waals surface area contributed by atoms with Crippen molar-refractivity contribution in [2.45, 2.75) is 6.92 Å². The number of phenols is 1. The summed E-state index contributed by atoms with van der Waals surface area (Å²) in [7, 11) is 5.45. The Morgan fingerprint density at radius 1 is 0.867 bits per heavy atom. The van der Waals surface area contributed by atoms with E-state index in [2.05, 4.69) is 0 Å². The lowest BCUT2D eigenvalue weighted by Gasteiger charge is -2.17. The van der Waals surface area contributed by atoms with Gasteiger partial charge in [-0.1, -0.05) is 0 Å². The SMILES string of the molecule is COc1ccc(-c2oc3c(OC)c(OC)c(OC(C)=O)c(O)c3c(=O)c2OC)cc1. The van der Waals surface area contributed by atoms with Gasteiger partial charge >= 0.3 is 5.97 Å². The average molecular weight is 416 g/mol. The smallest absolute Gasteiger partial charge is 0.308 e. The Balaban J connectivity index is 2.45. The van der Waals surface area contributed by atoms with Gasteiger partial charge in [0.2, 0.25) is 28.4 Å². The molecule has 0 unspecified atom stereocenters. The molecule has 0 amide bonds. The van der Waals surface area contributed by atoms with Crippen molar-refractivity contribution in [2.24, 2.45) is 0 Å². The standard InChI is InChI=1S/C21H20O9/c1-10(22)29-19-15(24)13-14(23)18(26-3)16(11-6-8-12(25-2)9-7-11)30-17(13)20(27-4)21(19)28-5/h6-9,24H,1-5H3. The van der Waals surface area contributed by atoms with Crippen LogP contribution in [-0.2, 0) is 4.79 Å². The van der Waals surface area contributed by atoms with Crippen LogP contribution in [0.1, 0.15) is 6.92 Å². The number of hydrogen-bond donors (Lipinski definition) is 1. The molecule has 1 N–H and O–H groups in total. The van der Waals surface area contributed by atoms with Crippen molar-refractivity contribution in [3.63, 3.8) is 0 Å². The molecule has 158 valence electrons. The number of fused-ring (bicyclic) bond motifs is 1. The number of carbonyl (C=O) groups excluding carboxylic acids is 1. The molecule has 1 aromatic heterocycles. The van der Waals surface area contributed by atoms with Crippen LogP contribution in [-0.4, -0.2) is 39.5 Å². The third-order valence-corrected chi connectivity index (χ3v) is 4.35. The van der Waals surface area contributed by atoms with Gasteiger partial charge in [0, 0.05) is 12.5 Å². The Morgan fingerprint density at radius 3 is 1.97 bits per heavy atom. The molecule has 0 aliphatic heterocycles. The van der Waals surface area contributed by atoms with Crippen molar-refractivity contribution in [2.75, 3.05) is 28.4 Å². The summed E-state index contributed by atoms with van der Waals surface area (Å²) < 4.78 is 32.1. The van der Waals surface area contributed by atoms with Crippen LogP contribution in [0.5, 0.6) is 34.5 Å². The van der Waals surface area contributed by atoms with Crippen LogP contribution >= 0.6 is 0 Å². The highest BCUT2D eigenvalue weighted by Gasteiger charge is 2.30. The Kier molecular flexibility index (Phi) is 5.72. The lowest BCUT2D eigenvalue weighted by atomic mass is 10.1. The van der Waals surface area contributed by atoms with Crippen LogP contribution in [0.4, 0.5) is 0 Å². The summed E-state index contributed by atoms with van der Waals surface area (Å²) >= 11 is 0. The van der Waals surface area contributed by atoms with Crippen LogP contribution in [0.25, 0.3) is 22.3 Å². The summed E-state index contributed by atoms with van der Waals surface area (Å²) in [5, 5.41) is 10.4. The van der Waals surface area contributed by atoms with Crippen molar-refractivity contribution in [1.82, 2.24) is 0 Å². The van der Waals surface area contributed by atoms with E-state index >= 15 is 0 Å². The summed E-state index contributed by atoms with van der Waals surface area (Å²) in [5.74, 6) is -1.28. The van der Waals surface area contributed by atoms with Crippen molar-refractivity contribution in [3.05, 3.63) is 34.5 Å². The maximum absolute atomic E-state index is 13.2. The van der Waals surface area contributed by atoms with Gasteiger partial charge in [-0.15, -0.1) is 0 Å². The monoisotopic (exact) mass is 416 g/mol. The second-order valence-corrected chi connectivity index (χ2v) is 6.06. The number of methoxy groups -OCH3 is 4. The Hall–Kier alpha value is -3.88.